The Labute approximate surface area is 114 Å². The van der Waals surface area contributed by atoms with Crippen molar-refractivity contribution in [2.75, 3.05) is 26.3 Å². The molecule has 1 unspecified atom stereocenters. The molecule has 0 amide bonds. The van der Waals surface area contributed by atoms with E-state index in [0.717, 1.165) is 6.20 Å². The van der Waals surface area contributed by atoms with Crippen LogP contribution in [0.1, 0.15) is 11.9 Å². The number of aliphatic hydroxyl groups is 1. The summed E-state index contributed by atoms with van der Waals surface area (Å²) in [7, 11) is 0. The van der Waals surface area contributed by atoms with Crippen LogP contribution in [0.5, 0.6) is 0 Å². The van der Waals surface area contributed by atoms with Crippen LogP contribution in [0.3, 0.4) is 0 Å². The molecule has 7 heteroatoms. The highest BCUT2D eigenvalue weighted by atomic mass is 16.5. The summed E-state index contributed by atoms with van der Waals surface area (Å²) in [6.07, 6.45) is 0.0244. The molecule has 7 nitrogen and oxygen atoms in total. The fourth-order valence-electron chi connectivity index (χ4n) is 2.38. The van der Waals surface area contributed by atoms with Crippen LogP contribution in [0, 0.1) is 10.1 Å². The van der Waals surface area contributed by atoms with E-state index in [-0.39, 0.29) is 16.7 Å². The van der Waals surface area contributed by atoms with Crippen molar-refractivity contribution in [2.45, 2.75) is 6.23 Å². The van der Waals surface area contributed by atoms with E-state index in [2.05, 4.69) is 0 Å². The largest absolute Gasteiger partial charge is 0.805 e. The van der Waals surface area contributed by atoms with Crippen molar-refractivity contribution < 1.29 is 14.3 Å². The SMILES string of the molecule is O=[n+]1cc(C(O)N2CCOCC2)n([O-])c2ccccc21. The number of aliphatic hydroxyl groups excluding tert-OH is 1. The predicted molar refractivity (Wildman–Crippen MR) is 71.4 cm³/mol. The van der Waals surface area contributed by atoms with Gasteiger partial charge in [-0.3, -0.25) is 4.90 Å². The van der Waals surface area contributed by atoms with Gasteiger partial charge in [0.1, 0.15) is 11.2 Å². The molecule has 106 valence electrons. The first-order chi connectivity index (χ1) is 9.68. The third kappa shape index (κ3) is 2.15. The van der Waals surface area contributed by atoms with Crippen molar-refractivity contribution in [2.24, 2.45) is 0 Å². The van der Waals surface area contributed by atoms with Crippen molar-refractivity contribution in [3.8, 4) is 0 Å². The first kappa shape index (κ1) is 13.0. The summed E-state index contributed by atoms with van der Waals surface area (Å²) in [4.78, 5) is 13.7. The molecule has 1 aliphatic heterocycles. The number of rotatable bonds is 2. The molecule has 1 fully saturated rings. The standard InChI is InChI=1S/C13H15N3O4/c17-13(14-5-7-20-8-6-14)12-9-15(18)10-3-1-2-4-11(10)16(12)19/h1-4,9,13,17H,5-8H2. The van der Waals surface area contributed by atoms with Crippen molar-refractivity contribution in [3.05, 3.63) is 46.3 Å². The molecule has 0 radical (unpaired) electrons. The molecular formula is C13H15N3O4. The fourth-order valence-corrected chi connectivity index (χ4v) is 2.38. The molecule has 0 bridgehead atoms. The summed E-state index contributed by atoms with van der Waals surface area (Å²) < 4.78 is 6.43. The molecule has 20 heavy (non-hydrogen) atoms. The third-order valence-electron chi connectivity index (χ3n) is 3.48. The summed E-state index contributed by atoms with van der Waals surface area (Å²) in [5, 5.41) is 22.6. The fraction of sp³-hybridized carbons (Fsp3) is 0.385. The van der Waals surface area contributed by atoms with Crippen LogP contribution < -0.4 is 4.43 Å². The zero-order chi connectivity index (χ0) is 14.1. The van der Waals surface area contributed by atoms with E-state index in [1.165, 1.54) is 0 Å². The highest BCUT2D eigenvalue weighted by molar-refractivity contribution is 5.71. The maximum absolute atomic E-state index is 12.3. The Hall–Kier alpha value is -1.96. The molecular weight excluding hydrogens is 262 g/mol. The number of benzene rings is 1. The Morgan fingerprint density at radius 1 is 1.30 bits per heavy atom. The molecule has 1 aromatic carbocycles. The van der Waals surface area contributed by atoms with Gasteiger partial charge in [0.2, 0.25) is 0 Å². The number of nitrogens with zero attached hydrogens (tertiary/aromatic N) is 3. The van der Waals surface area contributed by atoms with Gasteiger partial charge < -0.3 is 19.8 Å². The number of hydrogen-bond donors (Lipinski definition) is 1. The average molecular weight is 277 g/mol. The van der Waals surface area contributed by atoms with Crippen molar-refractivity contribution in [1.82, 2.24) is 9.63 Å². The van der Waals surface area contributed by atoms with Crippen LogP contribution >= 0.6 is 0 Å². The molecule has 3 rings (SSSR count). The van der Waals surface area contributed by atoms with Crippen LogP contribution in [0.2, 0.25) is 0 Å². The lowest BCUT2D eigenvalue weighted by Crippen LogP contribution is -2.40. The van der Waals surface area contributed by atoms with Crippen molar-refractivity contribution in [1.29, 1.82) is 0 Å². The Kier molecular flexibility index (Phi) is 3.39. The monoisotopic (exact) mass is 277 g/mol. The van der Waals surface area contributed by atoms with Gasteiger partial charge in [-0.15, -0.1) is 0 Å². The molecule has 0 aliphatic carbocycles. The zero-order valence-electron chi connectivity index (χ0n) is 10.8. The second-order valence-corrected chi connectivity index (χ2v) is 4.68. The van der Waals surface area contributed by atoms with E-state index >= 15 is 0 Å². The van der Waals surface area contributed by atoms with Gasteiger partial charge in [-0.1, -0.05) is 12.1 Å². The third-order valence-corrected chi connectivity index (χ3v) is 3.48. The minimum absolute atomic E-state index is 0.0283. The quantitative estimate of drug-likeness (QED) is 0.794. The van der Waals surface area contributed by atoms with Gasteiger partial charge in [0.15, 0.2) is 6.23 Å². The Bertz CT molecular complexity index is 679. The molecule has 2 aromatic rings. The molecule has 1 atom stereocenters. The van der Waals surface area contributed by atoms with E-state index in [1.54, 1.807) is 29.2 Å². The molecule has 0 saturated carbocycles. The van der Waals surface area contributed by atoms with Gasteiger partial charge in [0.25, 0.3) is 11.7 Å². The number of fused-ring (bicyclic) bond motifs is 1. The number of para-hydroxylation sites is 2. The van der Waals surface area contributed by atoms with Gasteiger partial charge >= 0.3 is 0 Å². The second-order valence-electron chi connectivity index (χ2n) is 4.68. The summed E-state index contributed by atoms with van der Waals surface area (Å²) in [6.45, 7) is 2.04. The minimum Gasteiger partial charge on any atom is -0.805 e. The Balaban J connectivity index is 2.07. The van der Waals surface area contributed by atoms with E-state index in [0.29, 0.717) is 35.5 Å². The van der Waals surface area contributed by atoms with Crippen LogP contribution in [0.25, 0.3) is 11.0 Å². The highest BCUT2D eigenvalue weighted by Crippen LogP contribution is 2.20. The summed E-state index contributed by atoms with van der Waals surface area (Å²) in [5.74, 6) is 0. The van der Waals surface area contributed by atoms with Crippen molar-refractivity contribution in [3.63, 3.8) is 0 Å². The van der Waals surface area contributed by atoms with Gasteiger partial charge in [-0.25, -0.2) is 0 Å². The van der Waals surface area contributed by atoms with Gasteiger partial charge in [0, 0.05) is 24.1 Å². The van der Waals surface area contributed by atoms with Crippen molar-refractivity contribution >= 4 is 11.0 Å². The van der Waals surface area contributed by atoms with Crippen LogP contribution in [-0.2, 0) is 4.74 Å². The lowest BCUT2D eigenvalue weighted by molar-refractivity contribution is -0.466. The molecule has 0 spiro atoms. The predicted octanol–water partition coefficient (Wildman–Crippen LogP) is 0.225. The number of ether oxygens (including phenoxy) is 1. The van der Waals surface area contributed by atoms with E-state index in [4.69, 9.17) is 4.74 Å². The lowest BCUT2D eigenvalue weighted by atomic mass is 10.2. The first-order valence-corrected chi connectivity index (χ1v) is 6.43. The summed E-state index contributed by atoms with van der Waals surface area (Å²) in [6, 6.07) is 6.50. The topological polar surface area (TPSA) is 83.7 Å². The van der Waals surface area contributed by atoms with E-state index in [9.17, 15) is 15.2 Å². The van der Waals surface area contributed by atoms with Crippen LogP contribution in [0.15, 0.2) is 30.5 Å². The zero-order valence-corrected chi connectivity index (χ0v) is 10.8. The molecule has 1 aromatic heterocycles. The smallest absolute Gasteiger partial charge is 0.285 e. The molecule has 1 aliphatic rings. The second kappa shape index (κ2) is 5.20. The maximum Gasteiger partial charge on any atom is 0.285 e. The minimum atomic E-state index is -1.11. The van der Waals surface area contributed by atoms with Gasteiger partial charge in [-0.2, -0.15) is 0 Å². The number of hydrogen-bond acceptors (Lipinski definition) is 5. The first-order valence-electron chi connectivity index (χ1n) is 6.43. The van der Waals surface area contributed by atoms with Crippen LogP contribution in [-0.4, -0.2) is 41.0 Å². The van der Waals surface area contributed by atoms with Gasteiger partial charge in [-0.05, 0) is 6.07 Å². The molecule has 2 heterocycles. The van der Waals surface area contributed by atoms with Gasteiger partial charge in [0.05, 0.1) is 17.6 Å². The molecule has 1 saturated heterocycles. The number of aromatic nitrogens is 2. The number of morpholine rings is 1. The Morgan fingerprint density at radius 3 is 2.75 bits per heavy atom. The van der Waals surface area contributed by atoms with Crippen LogP contribution in [0.4, 0.5) is 0 Å². The van der Waals surface area contributed by atoms with E-state index < -0.39 is 6.23 Å². The maximum atomic E-state index is 12.3. The summed E-state index contributed by atoms with van der Waals surface area (Å²) >= 11 is 0. The molecule has 1 N–H and O–H groups in total. The lowest BCUT2D eigenvalue weighted by Gasteiger charge is -2.32. The Morgan fingerprint density at radius 2 is 2.00 bits per heavy atom. The highest BCUT2D eigenvalue weighted by Gasteiger charge is 2.25. The summed E-state index contributed by atoms with van der Waals surface area (Å²) in [5.41, 5.74) is 0.549. The average Bonchev–Trinajstić information content (AvgIpc) is 2.51. The normalized spacial score (nSPS) is 18.2. The van der Waals surface area contributed by atoms with E-state index in [1.807, 2.05) is 0 Å².